The second-order valence-corrected chi connectivity index (χ2v) is 6.49. The van der Waals surface area contributed by atoms with Crippen LogP contribution in [0.25, 0.3) is 27.8 Å². The molecule has 0 saturated carbocycles. The van der Waals surface area contributed by atoms with Crippen LogP contribution in [0.5, 0.6) is 0 Å². The molecule has 0 aliphatic heterocycles. The molecule has 0 aliphatic rings. The van der Waals surface area contributed by atoms with Gasteiger partial charge in [0.25, 0.3) is 5.56 Å². The Morgan fingerprint density at radius 2 is 1.90 bits per heavy atom. The average molecular weight is 385 g/mol. The van der Waals surface area contributed by atoms with Gasteiger partial charge in [0.05, 0.1) is 11.3 Å². The van der Waals surface area contributed by atoms with Gasteiger partial charge in [-0.2, -0.15) is 0 Å². The molecule has 8 nitrogen and oxygen atoms in total. The molecule has 5 rings (SSSR count). The maximum atomic E-state index is 12.3. The lowest BCUT2D eigenvalue weighted by Gasteiger charge is -2.07. The summed E-state index contributed by atoms with van der Waals surface area (Å²) in [5.74, 6) is -0.427. The predicted octanol–water partition coefficient (Wildman–Crippen LogP) is 2.92. The van der Waals surface area contributed by atoms with E-state index in [4.69, 9.17) is 4.74 Å². The Balaban J connectivity index is 1.52. The summed E-state index contributed by atoms with van der Waals surface area (Å²) in [6, 6.07) is 10.5. The fraction of sp³-hybridized carbons (Fsp3) is 0.0476. The number of aromatic amines is 2. The first-order valence-corrected chi connectivity index (χ1v) is 8.94. The van der Waals surface area contributed by atoms with Gasteiger partial charge < -0.3 is 19.1 Å². The fourth-order valence-corrected chi connectivity index (χ4v) is 3.29. The van der Waals surface area contributed by atoms with Gasteiger partial charge in [-0.15, -0.1) is 0 Å². The SMILES string of the molecule is O=C(OCc1c[nH]c(=O)c2cc(-c3c[nH]c4nccnc34)cn12)c1ccccc1. The van der Waals surface area contributed by atoms with Crippen molar-refractivity contribution in [1.29, 1.82) is 0 Å². The van der Waals surface area contributed by atoms with Gasteiger partial charge in [0.1, 0.15) is 17.6 Å². The molecule has 5 aromatic rings. The number of benzene rings is 1. The molecular formula is C21H15N5O3. The number of nitrogens with zero attached hydrogens (tertiary/aromatic N) is 3. The lowest BCUT2D eigenvalue weighted by Crippen LogP contribution is -2.13. The van der Waals surface area contributed by atoms with Crippen LogP contribution in [-0.4, -0.2) is 30.3 Å². The molecule has 4 aromatic heterocycles. The number of fused-ring (bicyclic) bond motifs is 2. The topological polar surface area (TPSA) is 105 Å². The van der Waals surface area contributed by atoms with Crippen LogP contribution in [0, 0.1) is 0 Å². The van der Waals surface area contributed by atoms with Crippen LogP contribution in [0.4, 0.5) is 0 Å². The highest BCUT2D eigenvalue weighted by atomic mass is 16.5. The van der Waals surface area contributed by atoms with E-state index in [0.717, 1.165) is 16.6 Å². The molecule has 29 heavy (non-hydrogen) atoms. The Morgan fingerprint density at radius 3 is 2.76 bits per heavy atom. The number of aromatic nitrogens is 5. The summed E-state index contributed by atoms with van der Waals surface area (Å²) in [6.07, 6.45) is 8.42. The number of esters is 1. The second kappa shape index (κ2) is 6.75. The van der Waals surface area contributed by atoms with Crippen molar-refractivity contribution in [3.05, 3.63) is 89.0 Å². The Morgan fingerprint density at radius 1 is 1.07 bits per heavy atom. The van der Waals surface area contributed by atoms with Crippen LogP contribution in [0.2, 0.25) is 0 Å². The van der Waals surface area contributed by atoms with E-state index in [9.17, 15) is 9.59 Å². The van der Waals surface area contributed by atoms with E-state index in [-0.39, 0.29) is 12.2 Å². The third-order valence-corrected chi connectivity index (χ3v) is 4.71. The molecule has 0 bridgehead atoms. The van der Waals surface area contributed by atoms with Crippen molar-refractivity contribution in [3.8, 4) is 11.1 Å². The van der Waals surface area contributed by atoms with E-state index < -0.39 is 5.97 Å². The maximum Gasteiger partial charge on any atom is 0.338 e. The minimum absolute atomic E-state index is 0.0167. The number of rotatable bonds is 4. The van der Waals surface area contributed by atoms with E-state index >= 15 is 0 Å². The molecule has 0 radical (unpaired) electrons. The third-order valence-electron chi connectivity index (χ3n) is 4.71. The smallest absolute Gasteiger partial charge is 0.338 e. The maximum absolute atomic E-state index is 12.3. The van der Waals surface area contributed by atoms with Gasteiger partial charge in [0.2, 0.25) is 0 Å². The van der Waals surface area contributed by atoms with Gasteiger partial charge in [-0.25, -0.2) is 9.78 Å². The number of hydrogen-bond acceptors (Lipinski definition) is 5. The zero-order valence-electron chi connectivity index (χ0n) is 15.1. The van der Waals surface area contributed by atoms with Crippen molar-refractivity contribution in [2.75, 3.05) is 0 Å². The van der Waals surface area contributed by atoms with Gasteiger partial charge in [-0.05, 0) is 18.2 Å². The van der Waals surface area contributed by atoms with E-state index in [1.54, 1.807) is 53.3 Å². The lowest BCUT2D eigenvalue weighted by atomic mass is 10.1. The van der Waals surface area contributed by atoms with Crippen molar-refractivity contribution < 1.29 is 9.53 Å². The molecule has 0 fully saturated rings. The van der Waals surface area contributed by atoms with E-state index in [0.29, 0.717) is 22.4 Å². The van der Waals surface area contributed by atoms with Crippen molar-refractivity contribution >= 4 is 22.6 Å². The molecule has 142 valence electrons. The Bertz CT molecular complexity index is 1400. The van der Waals surface area contributed by atoms with Crippen LogP contribution >= 0.6 is 0 Å². The molecule has 0 atom stereocenters. The number of ether oxygens (including phenoxy) is 1. The van der Waals surface area contributed by atoms with Crippen molar-refractivity contribution in [3.63, 3.8) is 0 Å². The van der Waals surface area contributed by atoms with Gasteiger partial charge in [-0.1, -0.05) is 18.2 Å². The highest BCUT2D eigenvalue weighted by molar-refractivity contribution is 5.91. The second-order valence-electron chi connectivity index (χ2n) is 6.49. The van der Waals surface area contributed by atoms with E-state index in [1.807, 2.05) is 18.5 Å². The zero-order valence-corrected chi connectivity index (χ0v) is 15.1. The summed E-state index contributed by atoms with van der Waals surface area (Å²) in [5.41, 5.74) is 4.36. The molecule has 0 spiro atoms. The first-order chi connectivity index (χ1) is 14.2. The molecular weight excluding hydrogens is 370 g/mol. The monoisotopic (exact) mass is 385 g/mol. The predicted molar refractivity (Wildman–Crippen MR) is 106 cm³/mol. The number of carbonyl (C=O) groups excluding carboxylic acids is 1. The van der Waals surface area contributed by atoms with E-state index in [1.165, 1.54) is 0 Å². The number of nitrogens with one attached hydrogen (secondary N) is 2. The summed E-state index contributed by atoms with van der Waals surface area (Å²) in [5, 5.41) is 0. The van der Waals surface area contributed by atoms with Crippen molar-refractivity contribution in [2.45, 2.75) is 6.61 Å². The molecule has 4 heterocycles. The first kappa shape index (κ1) is 16.9. The van der Waals surface area contributed by atoms with Gasteiger partial charge in [0, 0.05) is 42.1 Å². The van der Waals surface area contributed by atoms with Crippen LogP contribution in [0.3, 0.4) is 0 Å². The number of carbonyl (C=O) groups is 1. The Kier molecular flexibility index (Phi) is 3.94. The zero-order chi connectivity index (χ0) is 19.8. The molecule has 0 unspecified atom stereocenters. The summed E-state index contributed by atoms with van der Waals surface area (Å²) < 4.78 is 7.15. The fourth-order valence-electron chi connectivity index (χ4n) is 3.29. The van der Waals surface area contributed by atoms with Crippen LogP contribution in [0.1, 0.15) is 16.1 Å². The van der Waals surface area contributed by atoms with Crippen LogP contribution < -0.4 is 5.56 Å². The van der Waals surface area contributed by atoms with Crippen molar-refractivity contribution in [2.24, 2.45) is 0 Å². The Labute approximate surface area is 163 Å². The van der Waals surface area contributed by atoms with Crippen molar-refractivity contribution in [1.82, 2.24) is 24.3 Å². The van der Waals surface area contributed by atoms with Gasteiger partial charge in [-0.3, -0.25) is 9.78 Å². The Hall–Kier alpha value is -4.20. The number of H-pyrrole nitrogens is 2. The minimum Gasteiger partial charge on any atom is -0.456 e. The largest absolute Gasteiger partial charge is 0.456 e. The summed E-state index contributed by atoms with van der Waals surface area (Å²) >= 11 is 0. The lowest BCUT2D eigenvalue weighted by molar-refractivity contribution is 0.0466. The first-order valence-electron chi connectivity index (χ1n) is 8.94. The summed E-state index contributed by atoms with van der Waals surface area (Å²) in [7, 11) is 0. The normalized spacial score (nSPS) is 11.2. The molecule has 8 heteroatoms. The standard InChI is InChI=1S/C21H15N5O3/c27-20-17-8-14(16-10-24-19-18(16)22-6-7-23-19)11-26(17)15(9-25-20)12-29-21(28)13-4-2-1-3-5-13/h1-11H,12H2,(H,23,24)(H,25,27). The van der Waals surface area contributed by atoms with Gasteiger partial charge in [0.15, 0.2) is 5.65 Å². The van der Waals surface area contributed by atoms with Gasteiger partial charge >= 0.3 is 5.97 Å². The van der Waals surface area contributed by atoms with Crippen LogP contribution in [0.15, 0.2) is 72.2 Å². The van der Waals surface area contributed by atoms with E-state index in [2.05, 4.69) is 19.9 Å². The molecule has 0 amide bonds. The summed E-state index contributed by atoms with van der Waals surface area (Å²) in [6.45, 7) is 0.0167. The molecule has 1 aromatic carbocycles. The number of hydrogen-bond donors (Lipinski definition) is 2. The summed E-state index contributed by atoms with van der Waals surface area (Å²) in [4.78, 5) is 38.9. The highest BCUT2D eigenvalue weighted by Crippen LogP contribution is 2.27. The molecule has 0 aliphatic carbocycles. The third kappa shape index (κ3) is 2.96. The quantitative estimate of drug-likeness (QED) is 0.463. The average Bonchev–Trinajstić information content (AvgIpc) is 3.39. The molecule has 2 N–H and O–H groups in total. The minimum atomic E-state index is -0.427. The highest BCUT2D eigenvalue weighted by Gasteiger charge is 2.14. The molecule has 0 saturated heterocycles. The van der Waals surface area contributed by atoms with Crippen LogP contribution in [-0.2, 0) is 11.3 Å².